The van der Waals surface area contributed by atoms with Gasteiger partial charge >= 0.3 is 0 Å². The molecular weight excluding hydrogens is 366 g/mol. The fraction of sp³-hybridized carbons (Fsp3) is 0.474. The van der Waals surface area contributed by atoms with E-state index < -0.39 is 0 Å². The molecule has 0 radical (unpaired) electrons. The number of hydrogen-bond donors (Lipinski definition) is 1. The topological polar surface area (TPSA) is 45.2 Å². The van der Waals surface area contributed by atoms with Gasteiger partial charge in [0.15, 0.2) is 0 Å². The molecule has 1 N–H and O–H groups in total. The monoisotopic (exact) mass is 389 g/mol. The number of aromatic nitrogens is 1. The normalized spacial score (nSPS) is 21.2. The molecule has 0 unspecified atom stereocenters. The fourth-order valence-corrected chi connectivity index (χ4v) is 3.92. The highest BCUT2D eigenvalue weighted by Gasteiger charge is 2.23. The van der Waals surface area contributed by atoms with Crippen LogP contribution >= 0.6 is 15.9 Å². The lowest BCUT2D eigenvalue weighted by molar-refractivity contribution is -0.107. The number of carbonyl (C=O) groups is 1. The van der Waals surface area contributed by atoms with Crippen LogP contribution < -0.4 is 5.32 Å². The quantitative estimate of drug-likeness (QED) is 0.784. The molecule has 5 heteroatoms. The Balaban J connectivity index is 1.88. The van der Waals surface area contributed by atoms with Crippen molar-refractivity contribution in [2.24, 2.45) is 0 Å². The summed E-state index contributed by atoms with van der Waals surface area (Å²) in [5.41, 5.74) is 3.00. The van der Waals surface area contributed by atoms with Crippen molar-refractivity contribution in [1.82, 2.24) is 9.88 Å². The fourth-order valence-electron chi connectivity index (χ4n) is 3.56. The Hall–Kier alpha value is -1.46. The number of carbonyl (C=O) groups excluding carboxylic acids is 1. The summed E-state index contributed by atoms with van der Waals surface area (Å²) in [6.07, 6.45) is 7.90. The molecule has 0 amide bonds. The predicted octanol–water partition coefficient (Wildman–Crippen LogP) is 4.02. The van der Waals surface area contributed by atoms with Crippen molar-refractivity contribution in [2.45, 2.75) is 44.2 Å². The van der Waals surface area contributed by atoms with Gasteiger partial charge in [0.25, 0.3) is 0 Å². The molecule has 0 bridgehead atoms. The van der Waals surface area contributed by atoms with Gasteiger partial charge < -0.3 is 15.0 Å². The minimum Gasteiger partial charge on any atom is -0.381 e. The molecule has 1 saturated carbocycles. The van der Waals surface area contributed by atoms with E-state index in [0.29, 0.717) is 18.5 Å². The molecule has 1 aromatic heterocycles. The predicted molar refractivity (Wildman–Crippen MR) is 103 cm³/mol. The number of rotatable bonds is 5. The Bertz CT molecular complexity index is 724. The number of hydrogen-bond acceptors (Lipinski definition) is 4. The lowest BCUT2D eigenvalue weighted by atomic mass is 9.90. The largest absolute Gasteiger partial charge is 0.381 e. The number of nitrogens with zero attached hydrogens (tertiary/aromatic N) is 2. The minimum atomic E-state index is 0.394. The summed E-state index contributed by atoms with van der Waals surface area (Å²) in [6.45, 7) is 0. The van der Waals surface area contributed by atoms with Crippen LogP contribution in [0, 0.1) is 0 Å². The van der Waals surface area contributed by atoms with Crippen molar-refractivity contribution >= 4 is 38.8 Å². The maximum absolute atomic E-state index is 11.1. The molecule has 1 fully saturated rings. The highest BCUT2D eigenvalue weighted by molar-refractivity contribution is 9.10. The molecule has 0 spiro atoms. The van der Waals surface area contributed by atoms with E-state index in [-0.39, 0.29) is 0 Å². The average molecular weight is 390 g/mol. The van der Waals surface area contributed by atoms with Gasteiger partial charge in [0, 0.05) is 45.8 Å². The second kappa shape index (κ2) is 7.62. The van der Waals surface area contributed by atoms with Crippen LogP contribution in [-0.2, 0) is 11.2 Å². The zero-order chi connectivity index (χ0) is 17.1. The summed E-state index contributed by atoms with van der Waals surface area (Å²) in [4.78, 5) is 17.9. The number of halogens is 1. The van der Waals surface area contributed by atoms with Crippen molar-refractivity contribution in [3.63, 3.8) is 0 Å². The molecule has 0 saturated heterocycles. The first-order valence-electron chi connectivity index (χ1n) is 8.52. The van der Waals surface area contributed by atoms with Crippen LogP contribution in [0.3, 0.4) is 0 Å². The van der Waals surface area contributed by atoms with Gasteiger partial charge in [0.05, 0.1) is 5.52 Å². The molecule has 1 aliphatic carbocycles. The van der Waals surface area contributed by atoms with Crippen LogP contribution in [0.2, 0.25) is 0 Å². The van der Waals surface area contributed by atoms with Crippen LogP contribution in [0.4, 0.5) is 5.69 Å². The minimum absolute atomic E-state index is 0.394. The molecule has 128 valence electrons. The molecule has 24 heavy (non-hydrogen) atoms. The SMILES string of the molecule is CN(C)[C@H]1CC[C@H](Nc2c(CC=O)cnc3ccc(Br)cc23)CC1. The molecule has 3 rings (SSSR count). The van der Waals surface area contributed by atoms with Crippen LogP contribution in [0.5, 0.6) is 0 Å². The maximum Gasteiger partial charge on any atom is 0.124 e. The van der Waals surface area contributed by atoms with E-state index in [1.54, 1.807) is 0 Å². The Morgan fingerprint density at radius 3 is 2.71 bits per heavy atom. The Labute approximate surface area is 151 Å². The van der Waals surface area contributed by atoms with E-state index >= 15 is 0 Å². The summed E-state index contributed by atoms with van der Waals surface area (Å²) >= 11 is 3.55. The zero-order valence-electron chi connectivity index (χ0n) is 14.3. The zero-order valence-corrected chi connectivity index (χ0v) is 15.8. The van der Waals surface area contributed by atoms with Crippen molar-refractivity contribution in [3.05, 3.63) is 34.4 Å². The van der Waals surface area contributed by atoms with Gasteiger partial charge in [-0.25, -0.2) is 0 Å². The van der Waals surface area contributed by atoms with E-state index in [9.17, 15) is 4.79 Å². The van der Waals surface area contributed by atoms with Crippen molar-refractivity contribution in [3.8, 4) is 0 Å². The summed E-state index contributed by atoms with van der Waals surface area (Å²) in [6, 6.07) is 7.24. The Kier molecular flexibility index (Phi) is 5.51. The van der Waals surface area contributed by atoms with Gasteiger partial charge in [0.2, 0.25) is 0 Å². The van der Waals surface area contributed by atoms with Crippen LogP contribution in [0.1, 0.15) is 31.2 Å². The molecule has 1 aromatic carbocycles. The Morgan fingerprint density at radius 2 is 2.04 bits per heavy atom. The highest BCUT2D eigenvalue weighted by Crippen LogP contribution is 2.32. The second-order valence-electron chi connectivity index (χ2n) is 6.80. The summed E-state index contributed by atoms with van der Waals surface area (Å²) in [7, 11) is 4.32. The number of fused-ring (bicyclic) bond motifs is 1. The third-order valence-electron chi connectivity index (χ3n) is 4.99. The first-order valence-corrected chi connectivity index (χ1v) is 9.31. The van der Waals surface area contributed by atoms with Gasteiger partial charge in [-0.1, -0.05) is 15.9 Å². The number of anilines is 1. The summed E-state index contributed by atoms with van der Waals surface area (Å²) in [5.74, 6) is 0. The van der Waals surface area contributed by atoms with Gasteiger partial charge in [-0.2, -0.15) is 0 Å². The molecule has 1 aliphatic rings. The number of nitrogens with one attached hydrogen (secondary N) is 1. The van der Waals surface area contributed by atoms with E-state index in [4.69, 9.17) is 0 Å². The van der Waals surface area contributed by atoms with Crippen LogP contribution in [0.25, 0.3) is 10.9 Å². The van der Waals surface area contributed by atoms with Crippen molar-refractivity contribution in [2.75, 3.05) is 19.4 Å². The number of benzene rings is 1. The first-order chi connectivity index (χ1) is 11.6. The van der Waals surface area contributed by atoms with E-state index in [1.165, 1.54) is 12.8 Å². The van der Waals surface area contributed by atoms with Gasteiger partial charge in [-0.05, 0) is 58.0 Å². The highest BCUT2D eigenvalue weighted by atomic mass is 79.9. The second-order valence-corrected chi connectivity index (χ2v) is 7.72. The van der Waals surface area contributed by atoms with Crippen LogP contribution in [0.15, 0.2) is 28.9 Å². The molecule has 0 aliphatic heterocycles. The van der Waals surface area contributed by atoms with Gasteiger partial charge in [0.1, 0.15) is 6.29 Å². The van der Waals surface area contributed by atoms with Gasteiger partial charge in [-0.15, -0.1) is 0 Å². The van der Waals surface area contributed by atoms with E-state index in [0.717, 1.165) is 45.8 Å². The molecule has 1 heterocycles. The third-order valence-corrected chi connectivity index (χ3v) is 5.48. The summed E-state index contributed by atoms with van der Waals surface area (Å²) in [5, 5.41) is 4.81. The summed E-state index contributed by atoms with van der Waals surface area (Å²) < 4.78 is 1.03. The molecule has 4 nitrogen and oxygen atoms in total. The molecule has 2 aromatic rings. The smallest absolute Gasteiger partial charge is 0.124 e. The van der Waals surface area contributed by atoms with Crippen molar-refractivity contribution < 1.29 is 4.79 Å². The van der Waals surface area contributed by atoms with Crippen LogP contribution in [-0.4, -0.2) is 42.3 Å². The number of pyridine rings is 1. The van der Waals surface area contributed by atoms with Gasteiger partial charge in [-0.3, -0.25) is 4.98 Å². The van der Waals surface area contributed by atoms with E-state index in [1.807, 2.05) is 18.3 Å². The first kappa shape index (κ1) is 17.4. The van der Waals surface area contributed by atoms with E-state index in [2.05, 4.69) is 51.3 Å². The molecule has 0 atom stereocenters. The third kappa shape index (κ3) is 3.78. The maximum atomic E-state index is 11.1. The van der Waals surface area contributed by atoms with Crippen molar-refractivity contribution in [1.29, 1.82) is 0 Å². The number of aldehydes is 1. The lowest BCUT2D eigenvalue weighted by Gasteiger charge is -2.34. The lowest BCUT2D eigenvalue weighted by Crippen LogP contribution is -2.36. The Morgan fingerprint density at radius 1 is 1.29 bits per heavy atom. The standard InChI is InChI=1S/C19H24BrN3O/c1-23(2)16-6-4-15(5-7-16)22-19-13(9-10-24)12-21-18-8-3-14(20)11-17(18)19/h3,8,10-12,15-16H,4-7,9H2,1-2H3,(H,21,22)/t15-,16-. The average Bonchev–Trinajstić information content (AvgIpc) is 2.57. The molecular formula is C19H24BrN3O.